The van der Waals surface area contributed by atoms with E-state index < -0.39 is 5.79 Å². The largest absolute Gasteiger partial charge is 0.476 e. The van der Waals surface area contributed by atoms with Crippen LogP contribution in [0.3, 0.4) is 0 Å². The molecular formula is C27H30Cl2N6O4. The summed E-state index contributed by atoms with van der Waals surface area (Å²) in [7, 11) is 1.63. The maximum atomic E-state index is 13.1. The van der Waals surface area contributed by atoms with E-state index in [1.54, 1.807) is 49.6 Å². The van der Waals surface area contributed by atoms with Crippen LogP contribution in [0.25, 0.3) is 22.2 Å². The summed E-state index contributed by atoms with van der Waals surface area (Å²) >= 11 is 12.7. The van der Waals surface area contributed by atoms with E-state index in [1.807, 2.05) is 27.7 Å². The minimum Gasteiger partial charge on any atom is -0.476 e. The van der Waals surface area contributed by atoms with Gasteiger partial charge >= 0.3 is 0 Å². The van der Waals surface area contributed by atoms with Crippen LogP contribution >= 0.6 is 23.2 Å². The van der Waals surface area contributed by atoms with Crippen molar-refractivity contribution in [2.45, 2.75) is 33.5 Å². The first kappa shape index (κ1) is 28.7. The molecule has 4 aromatic rings. The fourth-order valence-corrected chi connectivity index (χ4v) is 4.45. The van der Waals surface area contributed by atoms with Gasteiger partial charge in [0.15, 0.2) is 11.6 Å². The Balaban J connectivity index is 0.00000172. The number of anilines is 2. The SMILES string of the molecule is CC.Cn1c(=O)c(-c2c(Cl)cccc2Cl)cc2cnc(Nc3ccc(OCC4COC(C)(C)OC4)nn3)nc21. The first-order valence-corrected chi connectivity index (χ1v) is 13.3. The van der Waals surface area contributed by atoms with E-state index in [0.717, 1.165) is 0 Å². The summed E-state index contributed by atoms with van der Waals surface area (Å²) in [5, 5.41) is 12.6. The van der Waals surface area contributed by atoms with Gasteiger partial charge in [-0.1, -0.05) is 43.1 Å². The summed E-state index contributed by atoms with van der Waals surface area (Å²) < 4.78 is 18.4. The molecule has 4 heterocycles. The number of rotatable bonds is 6. The van der Waals surface area contributed by atoms with E-state index in [2.05, 4.69) is 25.5 Å². The summed E-state index contributed by atoms with van der Waals surface area (Å²) in [6.07, 6.45) is 1.61. The van der Waals surface area contributed by atoms with Crippen molar-refractivity contribution >= 4 is 46.0 Å². The van der Waals surface area contributed by atoms with Crippen molar-refractivity contribution in [3.05, 3.63) is 63.0 Å². The number of nitrogens with one attached hydrogen (secondary N) is 1. The number of aromatic nitrogens is 5. The molecule has 0 aliphatic carbocycles. The van der Waals surface area contributed by atoms with Crippen molar-refractivity contribution in [1.29, 1.82) is 0 Å². The highest BCUT2D eigenvalue weighted by molar-refractivity contribution is 6.39. The Morgan fingerprint density at radius 3 is 2.44 bits per heavy atom. The lowest BCUT2D eigenvalue weighted by Crippen LogP contribution is -2.41. The highest BCUT2D eigenvalue weighted by atomic mass is 35.5. The molecule has 0 amide bonds. The quantitative estimate of drug-likeness (QED) is 0.313. The minimum atomic E-state index is -0.563. The van der Waals surface area contributed by atoms with Gasteiger partial charge < -0.3 is 19.5 Å². The Kier molecular flexibility index (Phi) is 9.01. The first-order valence-electron chi connectivity index (χ1n) is 12.5. The van der Waals surface area contributed by atoms with Gasteiger partial charge in [0.25, 0.3) is 5.56 Å². The molecule has 3 aromatic heterocycles. The third-order valence-corrected chi connectivity index (χ3v) is 6.49. The van der Waals surface area contributed by atoms with Crippen LogP contribution in [0.2, 0.25) is 10.0 Å². The predicted octanol–water partition coefficient (Wildman–Crippen LogP) is 5.64. The molecule has 0 radical (unpaired) electrons. The third-order valence-electron chi connectivity index (χ3n) is 5.86. The molecule has 10 nitrogen and oxygen atoms in total. The number of pyridine rings is 1. The van der Waals surface area contributed by atoms with Crippen molar-refractivity contribution in [1.82, 2.24) is 24.7 Å². The van der Waals surface area contributed by atoms with Gasteiger partial charge in [0.1, 0.15) is 5.65 Å². The van der Waals surface area contributed by atoms with Crippen molar-refractivity contribution in [2.24, 2.45) is 13.0 Å². The molecule has 1 saturated heterocycles. The van der Waals surface area contributed by atoms with Crippen molar-refractivity contribution in [2.75, 3.05) is 25.1 Å². The number of benzene rings is 1. The molecule has 1 N–H and O–H groups in total. The highest BCUT2D eigenvalue weighted by Gasteiger charge is 2.28. The molecule has 12 heteroatoms. The van der Waals surface area contributed by atoms with Gasteiger partial charge in [0.2, 0.25) is 11.8 Å². The Morgan fingerprint density at radius 1 is 1.10 bits per heavy atom. The normalized spacial score (nSPS) is 14.9. The van der Waals surface area contributed by atoms with Crippen molar-refractivity contribution in [3.63, 3.8) is 0 Å². The van der Waals surface area contributed by atoms with E-state index >= 15 is 0 Å². The summed E-state index contributed by atoms with van der Waals surface area (Å²) in [5.74, 6) is 0.602. The third kappa shape index (κ3) is 6.65. The Labute approximate surface area is 236 Å². The van der Waals surface area contributed by atoms with Crippen LogP contribution in [0.4, 0.5) is 11.8 Å². The second-order valence-electron chi connectivity index (χ2n) is 9.07. The van der Waals surface area contributed by atoms with Gasteiger partial charge in [0.05, 0.1) is 35.4 Å². The van der Waals surface area contributed by atoms with Gasteiger partial charge in [-0.05, 0) is 38.1 Å². The van der Waals surface area contributed by atoms with E-state index in [1.165, 1.54) is 4.57 Å². The number of aryl methyl sites for hydroxylation is 1. The van der Waals surface area contributed by atoms with Gasteiger partial charge in [-0.3, -0.25) is 9.36 Å². The predicted molar refractivity (Wildman–Crippen MR) is 152 cm³/mol. The van der Waals surface area contributed by atoms with Crippen LogP contribution in [0.1, 0.15) is 27.7 Å². The van der Waals surface area contributed by atoms with E-state index in [4.69, 9.17) is 37.4 Å². The number of halogens is 2. The van der Waals surface area contributed by atoms with E-state index in [0.29, 0.717) is 63.7 Å². The van der Waals surface area contributed by atoms with Crippen LogP contribution < -0.4 is 15.6 Å². The molecule has 0 spiro atoms. The molecule has 1 aliphatic heterocycles. The van der Waals surface area contributed by atoms with E-state index in [9.17, 15) is 4.79 Å². The molecule has 1 aromatic carbocycles. The summed E-state index contributed by atoms with van der Waals surface area (Å²) in [5.41, 5.74) is 0.986. The molecule has 0 saturated carbocycles. The van der Waals surface area contributed by atoms with Crippen LogP contribution in [0.5, 0.6) is 5.88 Å². The molecule has 1 aliphatic rings. The lowest BCUT2D eigenvalue weighted by atomic mass is 10.1. The number of hydrogen-bond acceptors (Lipinski definition) is 9. The van der Waals surface area contributed by atoms with Gasteiger partial charge in [0, 0.05) is 36.2 Å². The maximum Gasteiger partial charge on any atom is 0.259 e. The van der Waals surface area contributed by atoms with Crippen molar-refractivity contribution < 1.29 is 14.2 Å². The summed E-state index contributed by atoms with van der Waals surface area (Å²) in [4.78, 5) is 22.0. The molecule has 0 atom stereocenters. The molecular weight excluding hydrogens is 543 g/mol. The first-order chi connectivity index (χ1) is 18.7. The smallest absolute Gasteiger partial charge is 0.259 e. The summed E-state index contributed by atoms with van der Waals surface area (Å²) in [6, 6.07) is 10.2. The fourth-order valence-electron chi connectivity index (χ4n) is 3.85. The van der Waals surface area contributed by atoms with Crippen LogP contribution in [0.15, 0.2) is 47.4 Å². The van der Waals surface area contributed by atoms with Crippen LogP contribution in [0, 0.1) is 5.92 Å². The van der Waals surface area contributed by atoms with Gasteiger partial charge in [-0.15, -0.1) is 10.2 Å². The molecule has 1 fully saturated rings. The van der Waals surface area contributed by atoms with Crippen LogP contribution in [-0.2, 0) is 16.5 Å². The topological polar surface area (TPSA) is 113 Å². The zero-order chi connectivity index (χ0) is 28.2. The Bertz CT molecular complexity index is 1480. The van der Waals surface area contributed by atoms with E-state index in [-0.39, 0.29) is 17.4 Å². The zero-order valence-electron chi connectivity index (χ0n) is 22.4. The summed E-state index contributed by atoms with van der Waals surface area (Å²) in [6.45, 7) is 9.27. The Morgan fingerprint density at radius 2 is 1.79 bits per heavy atom. The number of ether oxygens (including phenoxy) is 3. The van der Waals surface area contributed by atoms with Crippen molar-refractivity contribution in [3.8, 4) is 17.0 Å². The van der Waals surface area contributed by atoms with Gasteiger partial charge in [-0.2, -0.15) is 4.98 Å². The average Bonchev–Trinajstić information content (AvgIpc) is 2.93. The molecule has 39 heavy (non-hydrogen) atoms. The lowest BCUT2D eigenvalue weighted by Gasteiger charge is -2.34. The molecule has 0 unspecified atom stereocenters. The monoisotopic (exact) mass is 572 g/mol. The highest BCUT2D eigenvalue weighted by Crippen LogP contribution is 2.33. The number of nitrogens with zero attached hydrogens (tertiary/aromatic N) is 5. The zero-order valence-corrected chi connectivity index (χ0v) is 23.9. The number of hydrogen-bond donors (Lipinski definition) is 1. The number of fused-ring (bicyclic) bond motifs is 1. The molecule has 5 rings (SSSR count). The maximum absolute atomic E-state index is 13.1. The minimum absolute atomic E-state index is 0.111. The van der Waals surface area contributed by atoms with Gasteiger partial charge in [-0.25, -0.2) is 4.98 Å². The molecule has 0 bridgehead atoms. The molecule has 206 valence electrons. The second-order valence-corrected chi connectivity index (χ2v) is 9.89. The van der Waals surface area contributed by atoms with Crippen LogP contribution in [-0.4, -0.2) is 50.3 Å². The Hall–Kier alpha value is -3.31. The standard InChI is InChI=1S/C25H24Cl2N6O4.C2H6/c1-25(2)36-12-14(13-37-25)11-35-20-8-7-19(31-32-20)29-24-28-10-15-9-16(23(34)33(3)22(15)30-24)21-17(26)5-4-6-18(21)27;1-2/h4-10,14H,11-13H2,1-3H3,(H,28,29,30,31);1-2H3. The lowest BCUT2D eigenvalue weighted by molar-refractivity contribution is -0.264. The fraction of sp³-hybridized carbons (Fsp3) is 0.370. The average molecular weight is 573 g/mol. The second kappa shape index (κ2) is 12.3.